The summed E-state index contributed by atoms with van der Waals surface area (Å²) in [6.45, 7) is 2.04. The molecular formula is C22H21N5O2S. The monoisotopic (exact) mass is 419 g/mol. The van der Waals surface area contributed by atoms with Crippen LogP contribution in [0.15, 0.2) is 75.5 Å². The molecule has 0 spiro atoms. The molecule has 1 amide bonds. The van der Waals surface area contributed by atoms with E-state index in [2.05, 4.69) is 20.5 Å². The first kappa shape index (κ1) is 19.9. The second kappa shape index (κ2) is 8.96. The molecule has 2 heterocycles. The molecule has 0 atom stereocenters. The highest BCUT2D eigenvalue weighted by Crippen LogP contribution is 2.26. The zero-order valence-corrected chi connectivity index (χ0v) is 17.5. The topological polar surface area (TPSA) is 85.8 Å². The standard InChI is InChI=1S/C22H21N5O2S/c1-15-3-5-16(6-4-15)19-13-23-21(29-19)12-11-20(28)25-17-7-9-18(10-8-17)30-22-26-24-14-27(22)2/h3-10,13-14H,11-12H2,1-2H3,(H,25,28). The second-order valence-electron chi connectivity index (χ2n) is 6.88. The van der Waals surface area contributed by atoms with Crippen molar-refractivity contribution in [1.82, 2.24) is 19.7 Å². The van der Waals surface area contributed by atoms with Gasteiger partial charge < -0.3 is 14.3 Å². The van der Waals surface area contributed by atoms with Gasteiger partial charge in [-0.25, -0.2) is 4.98 Å². The lowest BCUT2D eigenvalue weighted by Crippen LogP contribution is -2.12. The average Bonchev–Trinajstić information content (AvgIpc) is 3.38. The van der Waals surface area contributed by atoms with Gasteiger partial charge >= 0.3 is 0 Å². The van der Waals surface area contributed by atoms with Gasteiger partial charge in [0.15, 0.2) is 16.8 Å². The van der Waals surface area contributed by atoms with Crippen molar-refractivity contribution in [3.05, 3.63) is 72.5 Å². The third-order valence-electron chi connectivity index (χ3n) is 4.47. The van der Waals surface area contributed by atoms with Crippen molar-refractivity contribution in [2.75, 3.05) is 5.32 Å². The molecule has 2 aromatic heterocycles. The number of nitrogens with one attached hydrogen (secondary N) is 1. The quantitative estimate of drug-likeness (QED) is 0.475. The van der Waals surface area contributed by atoms with E-state index in [1.807, 2.05) is 67.1 Å². The van der Waals surface area contributed by atoms with Gasteiger partial charge in [0.25, 0.3) is 0 Å². The molecule has 4 aromatic rings. The summed E-state index contributed by atoms with van der Waals surface area (Å²) in [5.74, 6) is 1.18. The molecule has 0 aliphatic rings. The maximum Gasteiger partial charge on any atom is 0.224 e. The highest BCUT2D eigenvalue weighted by Gasteiger charge is 2.10. The van der Waals surface area contributed by atoms with Gasteiger partial charge in [-0.2, -0.15) is 0 Å². The maximum atomic E-state index is 12.3. The Kier molecular flexibility index (Phi) is 5.94. The van der Waals surface area contributed by atoms with Gasteiger partial charge in [0, 0.05) is 36.0 Å². The highest BCUT2D eigenvalue weighted by molar-refractivity contribution is 7.99. The number of oxazole rings is 1. The average molecular weight is 420 g/mol. The predicted molar refractivity (Wildman–Crippen MR) is 115 cm³/mol. The van der Waals surface area contributed by atoms with E-state index in [9.17, 15) is 4.79 Å². The first-order chi connectivity index (χ1) is 14.6. The molecule has 0 aliphatic carbocycles. The lowest BCUT2D eigenvalue weighted by atomic mass is 10.1. The van der Waals surface area contributed by atoms with Crippen molar-refractivity contribution in [1.29, 1.82) is 0 Å². The molecule has 7 nitrogen and oxygen atoms in total. The zero-order chi connectivity index (χ0) is 20.9. The minimum absolute atomic E-state index is 0.0845. The molecule has 8 heteroatoms. The normalized spacial score (nSPS) is 10.9. The van der Waals surface area contributed by atoms with Gasteiger partial charge in [-0.3, -0.25) is 4.79 Å². The summed E-state index contributed by atoms with van der Waals surface area (Å²) in [5.41, 5.74) is 2.91. The number of anilines is 1. The molecule has 0 aliphatic heterocycles. The largest absolute Gasteiger partial charge is 0.441 e. The van der Waals surface area contributed by atoms with Gasteiger partial charge in [-0.05, 0) is 43.0 Å². The van der Waals surface area contributed by atoms with E-state index in [1.54, 1.807) is 12.5 Å². The minimum Gasteiger partial charge on any atom is -0.441 e. The van der Waals surface area contributed by atoms with Gasteiger partial charge in [-0.1, -0.05) is 29.8 Å². The Balaban J connectivity index is 1.29. The number of hydrogen-bond acceptors (Lipinski definition) is 6. The molecule has 0 fully saturated rings. The zero-order valence-electron chi connectivity index (χ0n) is 16.7. The molecule has 4 rings (SSSR count). The van der Waals surface area contributed by atoms with E-state index in [0.29, 0.717) is 24.5 Å². The van der Waals surface area contributed by atoms with Crippen LogP contribution >= 0.6 is 11.8 Å². The Bertz CT molecular complexity index is 1130. The number of aromatic nitrogens is 4. The number of rotatable bonds is 7. The summed E-state index contributed by atoms with van der Waals surface area (Å²) < 4.78 is 7.63. The number of amides is 1. The van der Waals surface area contributed by atoms with Crippen LogP contribution < -0.4 is 5.32 Å². The van der Waals surface area contributed by atoms with Crippen molar-refractivity contribution < 1.29 is 9.21 Å². The molecule has 0 bridgehead atoms. The van der Waals surface area contributed by atoms with Crippen LogP contribution in [0.3, 0.4) is 0 Å². The Morgan fingerprint density at radius 3 is 2.60 bits per heavy atom. The summed E-state index contributed by atoms with van der Waals surface area (Å²) in [7, 11) is 1.90. The van der Waals surface area contributed by atoms with E-state index in [1.165, 1.54) is 17.3 Å². The summed E-state index contributed by atoms with van der Waals surface area (Å²) in [6, 6.07) is 15.7. The van der Waals surface area contributed by atoms with Gasteiger partial charge in [0.2, 0.25) is 5.91 Å². The summed E-state index contributed by atoms with van der Waals surface area (Å²) in [6.07, 6.45) is 4.10. The molecule has 2 aromatic carbocycles. The van der Waals surface area contributed by atoms with Crippen molar-refractivity contribution in [3.63, 3.8) is 0 Å². The smallest absolute Gasteiger partial charge is 0.224 e. The highest BCUT2D eigenvalue weighted by atomic mass is 32.2. The summed E-state index contributed by atoms with van der Waals surface area (Å²) in [4.78, 5) is 17.6. The Labute approximate surface area is 178 Å². The molecule has 152 valence electrons. The predicted octanol–water partition coefficient (Wildman–Crippen LogP) is 4.50. The van der Waals surface area contributed by atoms with E-state index < -0.39 is 0 Å². The van der Waals surface area contributed by atoms with Crippen molar-refractivity contribution in [3.8, 4) is 11.3 Å². The minimum atomic E-state index is -0.0845. The lowest BCUT2D eigenvalue weighted by molar-refractivity contribution is -0.116. The molecule has 30 heavy (non-hydrogen) atoms. The van der Waals surface area contributed by atoms with Crippen molar-refractivity contribution >= 4 is 23.4 Å². The van der Waals surface area contributed by atoms with Crippen LogP contribution in [0.2, 0.25) is 0 Å². The number of nitrogens with zero attached hydrogens (tertiary/aromatic N) is 4. The third-order valence-corrected chi connectivity index (χ3v) is 5.53. The van der Waals surface area contributed by atoms with E-state index in [4.69, 9.17) is 4.42 Å². The fourth-order valence-electron chi connectivity index (χ4n) is 2.80. The van der Waals surface area contributed by atoms with E-state index >= 15 is 0 Å². The molecule has 1 N–H and O–H groups in total. The number of carbonyl (C=O) groups is 1. The number of aryl methyl sites for hydroxylation is 3. The van der Waals surface area contributed by atoms with Crippen LogP contribution in [0.25, 0.3) is 11.3 Å². The Hall–Kier alpha value is -3.39. The fraction of sp³-hybridized carbons (Fsp3) is 0.182. The second-order valence-corrected chi connectivity index (χ2v) is 7.92. The Morgan fingerprint density at radius 2 is 1.90 bits per heavy atom. The summed E-state index contributed by atoms with van der Waals surface area (Å²) in [5, 5.41) is 11.6. The molecule has 0 saturated carbocycles. The molecule has 0 saturated heterocycles. The number of hydrogen-bond donors (Lipinski definition) is 1. The molecular weight excluding hydrogens is 398 g/mol. The maximum absolute atomic E-state index is 12.3. The van der Waals surface area contributed by atoms with Gasteiger partial charge in [0.1, 0.15) is 6.33 Å². The SMILES string of the molecule is Cc1ccc(-c2cnc(CCC(=O)Nc3ccc(Sc4nncn4C)cc3)o2)cc1. The number of carbonyl (C=O) groups excluding carboxylic acids is 1. The van der Waals surface area contributed by atoms with Crippen LogP contribution in [0.4, 0.5) is 5.69 Å². The van der Waals surface area contributed by atoms with E-state index in [0.717, 1.165) is 21.3 Å². The van der Waals surface area contributed by atoms with Crippen LogP contribution in [0.1, 0.15) is 17.9 Å². The van der Waals surface area contributed by atoms with Crippen LogP contribution in [-0.2, 0) is 18.3 Å². The first-order valence-electron chi connectivity index (χ1n) is 9.50. The van der Waals surface area contributed by atoms with Crippen molar-refractivity contribution in [2.24, 2.45) is 7.05 Å². The van der Waals surface area contributed by atoms with Crippen molar-refractivity contribution in [2.45, 2.75) is 29.8 Å². The van der Waals surface area contributed by atoms with Crippen LogP contribution in [0, 0.1) is 6.92 Å². The first-order valence-corrected chi connectivity index (χ1v) is 10.3. The molecule has 0 radical (unpaired) electrons. The lowest BCUT2D eigenvalue weighted by Gasteiger charge is -2.06. The molecule has 0 unspecified atom stereocenters. The van der Waals surface area contributed by atoms with Crippen LogP contribution in [0.5, 0.6) is 0 Å². The number of benzene rings is 2. The van der Waals surface area contributed by atoms with Gasteiger partial charge in [-0.15, -0.1) is 10.2 Å². The fourth-order valence-corrected chi connectivity index (χ4v) is 3.56. The third kappa shape index (κ3) is 4.96. The summed E-state index contributed by atoms with van der Waals surface area (Å²) >= 11 is 1.51. The Morgan fingerprint density at radius 1 is 1.13 bits per heavy atom. The van der Waals surface area contributed by atoms with Crippen LogP contribution in [-0.4, -0.2) is 25.7 Å². The van der Waals surface area contributed by atoms with Gasteiger partial charge in [0.05, 0.1) is 6.20 Å². The van der Waals surface area contributed by atoms with E-state index in [-0.39, 0.29) is 5.91 Å².